The van der Waals surface area contributed by atoms with Gasteiger partial charge in [-0.2, -0.15) is 4.98 Å². The molecule has 6 heteroatoms. The second-order valence-electron chi connectivity index (χ2n) is 3.11. The number of aromatic amines is 1. The van der Waals surface area contributed by atoms with Crippen molar-refractivity contribution in [2.24, 2.45) is 0 Å². The molecule has 2 heterocycles. The molecule has 0 aromatic carbocycles. The van der Waals surface area contributed by atoms with Gasteiger partial charge in [0.15, 0.2) is 0 Å². The molecule has 0 saturated heterocycles. The molecule has 2 rings (SSSR count). The normalized spacial score (nSPS) is 10.7. The van der Waals surface area contributed by atoms with E-state index in [0.29, 0.717) is 17.6 Å². The van der Waals surface area contributed by atoms with E-state index in [0.717, 1.165) is 0 Å². The SMILES string of the molecule is CCn1c(=O)nc(N)c2ccc(=O)[nH]c21. The monoisotopic (exact) mass is 206 g/mol. The van der Waals surface area contributed by atoms with Crippen LogP contribution in [-0.2, 0) is 6.54 Å². The Morgan fingerprint density at radius 3 is 2.87 bits per heavy atom. The van der Waals surface area contributed by atoms with Crippen molar-refractivity contribution in [1.29, 1.82) is 0 Å². The topological polar surface area (TPSA) is 93.8 Å². The predicted molar refractivity (Wildman–Crippen MR) is 56.7 cm³/mol. The molecule has 0 aliphatic heterocycles. The number of pyridine rings is 1. The van der Waals surface area contributed by atoms with E-state index in [-0.39, 0.29) is 11.4 Å². The van der Waals surface area contributed by atoms with Gasteiger partial charge in [0.25, 0.3) is 0 Å². The molecule has 0 amide bonds. The highest BCUT2D eigenvalue weighted by Gasteiger charge is 2.07. The Morgan fingerprint density at radius 1 is 1.47 bits per heavy atom. The van der Waals surface area contributed by atoms with E-state index in [1.54, 1.807) is 13.0 Å². The third-order valence-corrected chi connectivity index (χ3v) is 2.21. The minimum atomic E-state index is -0.454. The lowest BCUT2D eigenvalue weighted by Crippen LogP contribution is -2.25. The van der Waals surface area contributed by atoms with Crippen molar-refractivity contribution in [1.82, 2.24) is 14.5 Å². The number of aryl methyl sites for hydroxylation is 1. The standard InChI is InChI=1S/C9H10N4O2/c1-2-13-8-5(3-4-6(14)11-8)7(10)12-9(13)15/h3-4H,2H2,1H3,(H,11,14)(H2,10,12,15). The zero-order valence-electron chi connectivity index (χ0n) is 8.15. The van der Waals surface area contributed by atoms with Crippen LogP contribution in [-0.4, -0.2) is 14.5 Å². The van der Waals surface area contributed by atoms with Gasteiger partial charge in [0.2, 0.25) is 5.56 Å². The molecule has 0 fully saturated rings. The second-order valence-corrected chi connectivity index (χ2v) is 3.11. The minimum Gasteiger partial charge on any atom is -0.383 e. The lowest BCUT2D eigenvalue weighted by Gasteiger charge is -2.07. The van der Waals surface area contributed by atoms with Gasteiger partial charge >= 0.3 is 5.69 Å². The van der Waals surface area contributed by atoms with Crippen LogP contribution >= 0.6 is 0 Å². The molecule has 0 radical (unpaired) electrons. The highest BCUT2D eigenvalue weighted by molar-refractivity contribution is 5.84. The number of fused-ring (bicyclic) bond motifs is 1. The minimum absolute atomic E-state index is 0.135. The molecule has 3 N–H and O–H groups in total. The predicted octanol–water partition coefficient (Wildman–Crippen LogP) is -0.313. The molecule has 0 spiro atoms. The van der Waals surface area contributed by atoms with Crippen LogP contribution in [0.5, 0.6) is 0 Å². The fourth-order valence-electron chi connectivity index (χ4n) is 1.50. The van der Waals surface area contributed by atoms with Crippen molar-refractivity contribution in [3.8, 4) is 0 Å². The van der Waals surface area contributed by atoms with Gasteiger partial charge in [-0.05, 0) is 13.0 Å². The maximum Gasteiger partial charge on any atom is 0.351 e. The number of nitrogens with one attached hydrogen (secondary N) is 1. The van der Waals surface area contributed by atoms with Gasteiger partial charge in [0.05, 0.1) is 5.39 Å². The fraction of sp³-hybridized carbons (Fsp3) is 0.222. The van der Waals surface area contributed by atoms with E-state index in [9.17, 15) is 9.59 Å². The largest absolute Gasteiger partial charge is 0.383 e. The summed E-state index contributed by atoms with van der Waals surface area (Å²) < 4.78 is 1.37. The number of hydrogen-bond donors (Lipinski definition) is 2. The van der Waals surface area contributed by atoms with E-state index in [2.05, 4.69) is 9.97 Å². The third kappa shape index (κ3) is 1.39. The molecule has 0 atom stereocenters. The van der Waals surface area contributed by atoms with E-state index < -0.39 is 5.69 Å². The number of nitrogens with zero attached hydrogens (tertiary/aromatic N) is 2. The Hall–Kier alpha value is -2.11. The summed E-state index contributed by atoms with van der Waals surface area (Å²) in [6.45, 7) is 2.23. The zero-order valence-corrected chi connectivity index (χ0v) is 8.15. The average molecular weight is 206 g/mol. The maximum atomic E-state index is 11.4. The Kier molecular flexibility index (Phi) is 2.03. The molecule has 2 aromatic rings. The van der Waals surface area contributed by atoms with Gasteiger partial charge < -0.3 is 10.7 Å². The molecule has 0 unspecified atom stereocenters. The summed E-state index contributed by atoms with van der Waals surface area (Å²) in [5.41, 5.74) is 5.28. The second kappa shape index (κ2) is 3.23. The summed E-state index contributed by atoms with van der Waals surface area (Å²) in [6, 6.07) is 2.91. The first kappa shape index (κ1) is 9.45. The van der Waals surface area contributed by atoms with Crippen LogP contribution in [0.15, 0.2) is 21.7 Å². The van der Waals surface area contributed by atoms with E-state index >= 15 is 0 Å². The van der Waals surface area contributed by atoms with Crippen molar-refractivity contribution in [3.05, 3.63) is 33.0 Å². The molecular weight excluding hydrogens is 196 g/mol. The number of H-pyrrole nitrogens is 1. The summed E-state index contributed by atoms with van der Waals surface area (Å²) in [5.74, 6) is 0.135. The van der Waals surface area contributed by atoms with Crippen LogP contribution in [0.2, 0.25) is 0 Å². The number of anilines is 1. The van der Waals surface area contributed by atoms with Gasteiger partial charge in [0.1, 0.15) is 11.5 Å². The number of aromatic nitrogens is 3. The van der Waals surface area contributed by atoms with E-state index in [1.165, 1.54) is 10.6 Å². The Bertz CT molecular complexity index is 626. The number of hydrogen-bond acceptors (Lipinski definition) is 4. The van der Waals surface area contributed by atoms with Crippen molar-refractivity contribution >= 4 is 16.9 Å². The quantitative estimate of drug-likeness (QED) is 0.669. The van der Waals surface area contributed by atoms with Crippen LogP contribution in [0.1, 0.15) is 6.92 Å². The first-order valence-electron chi connectivity index (χ1n) is 4.53. The number of rotatable bonds is 1. The average Bonchev–Trinajstić information content (AvgIpc) is 2.17. The van der Waals surface area contributed by atoms with Gasteiger partial charge in [0, 0.05) is 12.6 Å². The fourth-order valence-corrected chi connectivity index (χ4v) is 1.50. The molecule has 6 nitrogen and oxygen atoms in total. The summed E-state index contributed by atoms with van der Waals surface area (Å²) in [4.78, 5) is 28.8. The van der Waals surface area contributed by atoms with Crippen LogP contribution in [0.3, 0.4) is 0 Å². The van der Waals surface area contributed by atoms with Crippen LogP contribution in [0.25, 0.3) is 11.0 Å². The van der Waals surface area contributed by atoms with E-state index in [1.807, 2.05) is 0 Å². The molecule has 78 valence electrons. The zero-order chi connectivity index (χ0) is 11.0. The maximum absolute atomic E-state index is 11.4. The molecule has 0 bridgehead atoms. The van der Waals surface area contributed by atoms with Gasteiger partial charge in [-0.25, -0.2) is 4.79 Å². The Balaban J connectivity index is 3.04. The molecule has 2 aromatic heterocycles. The summed E-state index contributed by atoms with van der Waals surface area (Å²) in [6.07, 6.45) is 0. The smallest absolute Gasteiger partial charge is 0.351 e. The lowest BCUT2D eigenvalue weighted by molar-refractivity contribution is 0.723. The van der Waals surface area contributed by atoms with Crippen molar-refractivity contribution in [3.63, 3.8) is 0 Å². The summed E-state index contributed by atoms with van der Waals surface area (Å²) in [5, 5.41) is 0.580. The molecule has 0 saturated carbocycles. The third-order valence-electron chi connectivity index (χ3n) is 2.21. The highest BCUT2D eigenvalue weighted by Crippen LogP contribution is 2.11. The first-order chi connectivity index (χ1) is 7.13. The molecule has 15 heavy (non-hydrogen) atoms. The summed E-state index contributed by atoms with van der Waals surface area (Å²) in [7, 11) is 0. The van der Waals surface area contributed by atoms with Crippen molar-refractivity contribution < 1.29 is 0 Å². The number of nitrogens with two attached hydrogens (primary N) is 1. The van der Waals surface area contributed by atoms with Crippen LogP contribution in [0, 0.1) is 0 Å². The van der Waals surface area contributed by atoms with Crippen LogP contribution < -0.4 is 17.0 Å². The van der Waals surface area contributed by atoms with Gasteiger partial charge in [-0.15, -0.1) is 0 Å². The van der Waals surface area contributed by atoms with Gasteiger partial charge in [-0.1, -0.05) is 0 Å². The van der Waals surface area contributed by atoms with Crippen molar-refractivity contribution in [2.75, 3.05) is 5.73 Å². The highest BCUT2D eigenvalue weighted by atomic mass is 16.1. The molecule has 0 aliphatic rings. The molecular formula is C9H10N4O2. The number of nitrogen functional groups attached to an aromatic ring is 1. The Labute approximate surface area is 84.4 Å². The van der Waals surface area contributed by atoms with E-state index in [4.69, 9.17) is 5.73 Å². The summed E-state index contributed by atoms with van der Waals surface area (Å²) >= 11 is 0. The van der Waals surface area contributed by atoms with Crippen molar-refractivity contribution in [2.45, 2.75) is 13.5 Å². The molecule has 0 aliphatic carbocycles. The lowest BCUT2D eigenvalue weighted by atomic mass is 10.3. The van der Waals surface area contributed by atoms with Crippen LogP contribution in [0.4, 0.5) is 5.82 Å². The van der Waals surface area contributed by atoms with Gasteiger partial charge in [-0.3, -0.25) is 9.36 Å². The Morgan fingerprint density at radius 2 is 2.20 bits per heavy atom. The first-order valence-corrected chi connectivity index (χ1v) is 4.53.